The van der Waals surface area contributed by atoms with Gasteiger partial charge in [-0.1, -0.05) is 15.9 Å². The molecule has 0 atom stereocenters. The summed E-state index contributed by atoms with van der Waals surface area (Å²) in [4.78, 5) is 11.0. The van der Waals surface area contributed by atoms with Gasteiger partial charge in [-0.3, -0.25) is 4.79 Å². The summed E-state index contributed by atoms with van der Waals surface area (Å²) in [5.41, 5.74) is 0.508. The van der Waals surface area contributed by atoms with Crippen molar-refractivity contribution >= 4 is 22.2 Å². The predicted octanol–water partition coefficient (Wildman–Crippen LogP) is 3.73. The normalized spacial score (nSPS) is 10.0. The average molecular weight is 351 g/mol. The molecule has 0 amide bonds. The highest BCUT2D eigenvalue weighted by Gasteiger charge is 2.03. The van der Waals surface area contributed by atoms with Crippen molar-refractivity contribution < 1.29 is 19.0 Å². The van der Waals surface area contributed by atoms with Crippen LogP contribution in [-0.2, 0) is 0 Å². The Bertz CT molecular complexity index is 596. The van der Waals surface area contributed by atoms with Crippen molar-refractivity contribution in [2.24, 2.45) is 0 Å². The molecule has 0 bridgehead atoms. The molecule has 0 saturated carbocycles. The molecule has 0 heterocycles. The maximum Gasteiger partial charge on any atom is 0.153 e. The van der Waals surface area contributed by atoms with Crippen LogP contribution in [0.3, 0.4) is 0 Å². The Hall–Kier alpha value is -2.01. The molecule has 21 heavy (non-hydrogen) atoms. The molecule has 0 N–H and O–H groups in total. The minimum Gasteiger partial charge on any atom is -0.497 e. The maximum atomic E-state index is 11.0. The van der Waals surface area contributed by atoms with Gasteiger partial charge in [0.25, 0.3) is 0 Å². The Morgan fingerprint density at radius 2 is 1.67 bits per heavy atom. The SMILES string of the molecule is COc1ccc(OCCOc2ccc(Br)cc2C=O)cc1. The summed E-state index contributed by atoms with van der Waals surface area (Å²) in [5.74, 6) is 2.07. The smallest absolute Gasteiger partial charge is 0.153 e. The van der Waals surface area contributed by atoms with E-state index in [-0.39, 0.29) is 0 Å². The standard InChI is InChI=1S/C16H15BrO4/c1-19-14-3-5-15(6-4-14)20-8-9-21-16-7-2-13(17)10-12(16)11-18/h2-7,10-11H,8-9H2,1H3. The van der Waals surface area contributed by atoms with E-state index in [0.29, 0.717) is 24.5 Å². The number of benzene rings is 2. The molecule has 4 nitrogen and oxygen atoms in total. The van der Waals surface area contributed by atoms with Crippen molar-refractivity contribution in [3.63, 3.8) is 0 Å². The van der Waals surface area contributed by atoms with Crippen LogP contribution in [0.4, 0.5) is 0 Å². The van der Waals surface area contributed by atoms with E-state index < -0.39 is 0 Å². The van der Waals surface area contributed by atoms with Gasteiger partial charge in [0.05, 0.1) is 12.7 Å². The minimum absolute atomic E-state index is 0.356. The van der Waals surface area contributed by atoms with Crippen molar-refractivity contribution in [2.75, 3.05) is 20.3 Å². The number of carbonyl (C=O) groups excluding carboxylic acids is 1. The lowest BCUT2D eigenvalue weighted by atomic mass is 10.2. The summed E-state index contributed by atoms with van der Waals surface area (Å²) in [7, 11) is 1.62. The molecule has 0 fully saturated rings. The first-order valence-electron chi connectivity index (χ1n) is 6.37. The zero-order valence-corrected chi connectivity index (χ0v) is 13.1. The summed E-state index contributed by atoms with van der Waals surface area (Å²) >= 11 is 3.31. The molecular formula is C16H15BrO4. The number of aldehydes is 1. The summed E-state index contributed by atoms with van der Waals surface area (Å²) in [6, 6.07) is 12.6. The second kappa shape index (κ2) is 7.69. The van der Waals surface area contributed by atoms with Gasteiger partial charge in [-0.25, -0.2) is 0 Å². The van der Waals surface area contributed by atoms with Gasteiger partial charge in [0.1, 0.15) is 30.5 Å². The zero-order valence-electron chi connectivity index (χ0n) is 11.5. The lowest BCUT2D eigenvalue weighted by Crippen LogP contribution is -2.09. The Kier molecular flexibility index (Phi) is 5.63. The van der Waals surface area contributed by atoms with E-state index in [2.05, 4.69) is 15.9 Å². The number of hydrogen-bond acceptors (Lipinski definition) is 4. The van der Waals surface area contributed by atoms with Crippen LogP contribution in [-0.4, -0.2) is 26.6 Å². The van der Waals surface area contributed by atoms with Crippen molar-refractivity contribution in [1.82, 2.24) is 0 Å². The van der Waals surface area contributed by atoms with Gasteiger partial charge in [-0.2, -0.15) is 0 Å². The van der Waals surface area contributed by atoms with Crippen LogP contribution >= 0.6 is 15.9 Å². The van der Waals surface area contributed by atoms with Crippen LogP contribution in [0.25, 0.3) is 0 Å². The molecule has 0 unspecified atom stereocenters. The third-order valence-electron chi connectivity index (χ3n) is 2.77. The molecule has 2 rings (SSSR count). The Morgan fingerprint density at radius 3 is 2.33 bits per heavy atom. The molecule has 0 aliphatic rings. The van der Waals surface area contributed by atoms with Crippen molar-refractivity contribution in [3.05, 3.63) is 52.5 Å². The van der Waals surface area contributed by atoms with Crippen LogP contribution in [0.5, 0.6) is 17.2 Å². The van der Waals surface area contributed by atoms with Crippen LogP contribution in [0, 0.1) is 0 Å². The highest BCUT2D eigenvalue weighted by Crippen LogP contribution is 2.22. The van der Waals surface area contributed by atoms with Crippen LogP contribution in [0.1, 0.15) is 10.4 Å². The van der Waals surface area contributed by atoms with Crippen LogP contribution in [0.2, 0.25) is 0 Å². The quantitative estimate of drug-likeness (QED) is 0.563. The molecule has 2 aromatic rings. The topological polar surface area (TPSA) is 44.8 Å². The number of ether oxygens (including phenoxy) is 3. The van der Waals surface area contributed by atoms with Gasteiger partial charge in [-0.05, 0) is 42.5 Å². The number of methoxy groups -OCH3 is 1. The monoisotopic (exact) mass is 350 g/mol. The zero-order chi connectivity index (χ0) is 15.1. The van der Waals surface area contributed by atoms with Crippen LogP contribution < -0.4 is 14.2 Å². The first-order chi connectivity index (χ1) is 10.2. The molecule has 0 radical (unpaired) electrons. The number of carbonyl (C=O) groups is 1. The highest BCUT2D eigenvalue weighted by atomic mass is 79.9. The molecule has 5 heteroatoms. The third-order valence-corrected chi connectivity index (χ3v) is 3.26. The third kappa shape index (κ3) is 4.49. The highest BCUT2D eigenvalue weighted by molar-refractivity contribution is 9.10. The molecule has 2 aromatic carbocycles. The Balaban J connectivity index is 1.82. The molecule has 0 aliphatic carbocycles. The van der Waals surface area contributed by atoms with E-state index >= 15 is 0 Å². The van der Waals surface area contributed by atoms with Gasteiger partial charge in [0.15, 0.2) is 6.29 Å². The fraction of sp³-hybridized carbons (Fsp3) is 0.188. The lowest BCUT2D eigenvalue weighted by Gasteiger charge is -2.10. The van der Waals surface area contributed by atoms with Gasteiger partial charge in [0.2, 0.25) is 0 Å². The molecule has 0 spiro atoms. The summed E-state index contributed by atoms with van der Waals surface area (Å²) < 4.78 is 17.0. The van der Waals surface area contributed by atoms with E-state index in [1.807, 2.05) is 30.3 Å². The second-order valence-corrected chi connectivity index (χ2v) is 5.09. The number of hydrogen-bond donors (Lipinski definition) is 0. The van der Waals surface area contributed by atoms with Gasteiger partial charge >= 0.3 is 0 Å². The van der Waals surface area contributed by atoms with E-state index in [9.17, 15) is 4.79 Å². The first-order valence-corrected chi connectivity index (χ1v) is 7.16. The molecule has 0 aliphatic heterocycles. The van der Waals surface area contributed by atoms with Gasteiger partial charge < -0.3 is 14.2 Å². The average Bonchev–Trinajstić information content (AvgIpc) is 2.53. The predicted molar refractivity (Wildman–Crippen MR) is 83.5 cm³/mol. The van der Waals surface area contributed by atoms with Gasteiger partial charge in [-0.15, -0.1) is 0 Å². The first kappa shape index (κ1) is 15.4. The molecule has 0 aromatic heterocycles. The van der Waals surface area contributed by atoms with E-state index in [0.717, 1.165) is 22.3 Å². The Morgan fingerprint density at radius 1 is 1.00 bits per heavy atom. The van der Waals surface area contributed by atoms with E-state index in [1.54, 1.807) is 19.2 Å². The second-order valence-electron chi connectivity index (χ2n) is 4.17. The number of halogens is 1. The summed E-state index contributed by atoms with van der Waals surface area (Å²) in [6.07, 6.45) is 0.768. The van der Waals surface area contributed by atoms with Crippen LogP contribution in [0.15, 0.2) is 46.9 Å². The fourth-order valence-electron chi connectivity index (χ4n) is 1.73. The summed E-state index contributed by atoms with van der Waals surface area (Å²) in [5, 5.41) is 0. The molecular weight excluding hydrogens is 336 g/mol. The fourth-order valence-corrected chi connectivity index (χ4v) is 2.10. The largest absolute Gasteiger partial charge is 0.497 e. The van der Waals surface area contributed by atoms with Crippen molar-refractivity contribution in [2.45, 2.75) is 0 Å². The van der Waals surface area contributed by atoms with Gasteiger partial charge in [0, 0.05) is 4.47 Å². The summed E-state index contributed by atoms with van der Waals surface area (Å²) in [6.45, 7) is 0.745. The Labute approximate surface area is 131 Å². The van der Waals surface area contributed by atoms with Crippen molar-refractivity contribution in [3.8, 4) is 17.2 Å². The minimum atomic E-state index is 0.356. The lowest BCUT2D eigenvalue weighted by molar-refractivity contribution is 0.111. The molecule has 0 saturated heterocycles. The van der Waals surface area contributed by atoms with E-state index in [1.165, 1.54) is 0 Å². The maximum absolute atomic E-state index is 11.0. The number of rotatable bonds is 7. The molecule has 110 valence electrons. The van der Waals surface area contributed by atoms with E-state index in [4.69, 9.17) is 14.2 Å². The van der Waals surface area contributed by atoms with Crippen molar-refractivity contribution in [1.29, 1.82) is 0 Å².